The number of hydrogen-bond donors (Lipinski definition) is 1. The van der Waals surface area contributed by atoms with Gasteiger partial charge in [-0.05, 0) is 57.5 Å². The second-order valence-electron chi connectivity index (χ2n) is 5.07. The van der Waals surface area contributed by atoms with Gasteiger partial charge in [0.15, 0.2) is 5.11 Å². The second-order valence-corrected chi connectivity index (χ2v) is 6.24. The number of nitrogens with one attached hydrogen (secondary N) is 1. The number of nitrogens with zero attached hydrogens (tertiary/aromatic N) is 1. The molecule has 1 N–H and O–H groups in total. The lowest BCUT2D eigenvalue weighted by Crippen LogP contribution is -2.49. The SMILES string of the molecule is CC1CCCC(C)N1C(=S)Nc1cccc(Cl)c1Cl. The number of halogens is 2. The van der Waals surface area contributed by atoms with E-state index in [0.717, 1.165) is 10.8 Å². The van der Waals surface area contributed by atoms with E-state index in [4.69, 9.17) is 35.4 Å². The van der Waals surface area contributed by atoms with Gasteiger partial charge < -0.3 is 10.2 Å². The first kappa shape index (κ1) is 14.9. The Hall–Kier alpha value is -0.510. The molecule has 0 saturated carbocycles. The fourth-order valence-electron chi connectivity index (χ4n) is 2.60. The fraction of sp³-hybridized carbons (Fsp3) is 0.500. The Labute approximate surface area is 130 Å². The Balaban J connectivity index is 2.14. The zero-order valence-electron chi connectivity index (χ0n) is 11.1. The minimum atomic E-state index is 0.460. The van der Waals surface area contributed by atoms with Crippen molar-refractivity contribution in [1.82, 2.24) is 4.90 Å². The molecule has 0 aliphatic carbocycles. The summed E-state index contributed by atoms with van der Waals surface area (Å²) in [6, 6.07) is 6.44. The van der Waals surface area contributed by atoms with Gasteiger partial charge >= 0.3 is 0 Å². The molecule has 0 amide bonds. The number of piperidine rings is 1. The van der Waals surface area contributed by atoms with Crippen molar-refractivity contribution in [2.75, 3.05) is 5.32 Å². The van der Waals surface area contributed by atoms with Gasteiger partial charge in [0.25, 0.3) is 0 Å². The highest BCUT2D eigenvalue weighted by atomic mass is 35.5. The minimum Gasteiger partial charge on any atom is -0.344 e. The first-order valence-corrected chi connectivity index (χ1v) is 7.70. The summed E-state index contributed by atoms with van der Waals surface area (Å²) in [5.41, 5.74) is 0.768. The van der Waals surface area contributed by atoms with E-state index in [-0.39, 0.29) is 0 Å². The van der Waals surface area contributed by atoms with Crippen LogP contribution in [0.2, 0.25) is 10.0 Å². The summed E-state index contributed by atoms with van der Waals surface area (Å²) >= 11 is 17.7. The Kier molecular flexibility index (Phi) is 4.93. The van der Waals surface area contributed by atoms with E-state index in [0.29, 0.717) is 22.1 Å². The zero-order valence-corrected chi connectivity index (χ0v) is 13.4. The first-order valence-electron chi connectivity index (χ1n) is 6.54. The van der Waals surface area contributed by atoms with E-state index >= 15 is 0 Å². The molecule has 1 fully saturated rings. The van der Waals surface area contributed by atoms with Crippen LogP contribution in [-0.4, -0.2) is 22.1 Å². The Morgan fingerprint density at radius 1 is 1.26 bits per heavy atom. The van der Waals surface area contributed by atoms with Crippen molar-refractivity contribution in [3.63, 3.8) is 0 Å². The van der Waals surface area contributed by atoms with Gasteiger partial charge in [-0.15, -0.1) is 0 Å². The van der Waals surface area contributed by atoms with Gasteiger partial charge in [0, 0.05) is 12.1 Å². The quantitative estimate of drug-likeness (QED) is 0.738. The van der Waals surface area contributed by atoms with Crippen LogP contribution in [0.1, 0.15) is 33.1 Å². The van der Waals surface area contributed by atoms with E-state index < -0.39 is 0 Å². The molecule has 2 nitrogen and oxygen atoms in total. The number of thiocarbonyl (C=S) groups is 1. The molecular weight excluding hydrogens is 299 g/mol. The highest BCUT2D eigenvalue weighted by Crippen LogP contribution is 2.31. The van der Waals surface area contributed by atoms with Crippen LogP contribution in [0.4, 0.5) is 5.69 Å². The summed E-state index contributed by atoms with van der Waals surface area (Å²) in [6.07, 6.45) is 3.62. The van der Waals surface area contributed by atoms with Gasteiger partial charge in [0.1, 0.15) is 0 Å². The third-order valence-electron chi connectivity index (χ3n) is 3.62. The molecule has 1 aromatic carbocycles. The highest BCUT2D eigenvalue weighted by Gasteiger charge is 2.26. The Bertz CT molecular complexity index is 469. The molecule has 0 spiro atoms. The van der Waals surface area contributed by atoms with Crippen LogP contribution in [0.5, 0.6) is 0 Å². The van der Waals surface area contributed by atoms with E-state index in [1.807, 2.05) is 12.1 Å². The lowest BCUT2D eigenvalue weighted by Gasteiger charge is -2.41. The summed E-state index contributed by atoms with van der Waals surface area (Å²) in [6.45, 7) is 4.42. The molecule has 0 aromatic heterocycles. The van der Waals surface area contributed by atoms with Crippen LogP contribution >= 0.6 is 35.4 Å². The van der Waals surface area contributed by atoms with Gasteiger partial charge in [-0.25, -0.2) is 0 Å². The summed E-state index contributed by atoms with van der Waals surface area (Å²) in [7, 11) is 0. The average molecular weight is 317 g/mol. The van der Waals surface area contributed by atoms with E-state index in [1.54, 1.807) is 6.07 Å². The molecule has 19 heavy (non-hydrogen) atoms. The fourth-order valence-corrected chi connectivity index (χ4v) is 3.42. The van der Waals surface area contributed by atoms with Crippen molar-refractivity contribution >= 4 is 46.2 Å². The summed E-state index contributed by atoms with van der Waals surface area (Å²) < 4.78 is 0. The maximum absolute atomic E-state index is 6.18. The highest BCUT2D eigenvalue weighted by molar-refractivity contribution is 7.80. The van der Waals surface area contributed by atoms with Crippen LogP contribution in [-0.2, 0) is 0 Å². The topological polar surface area (TPSA) is 15.3 Å². The second kappa shape index (κ2) is 6.29. The minimum absolute atomic E-state index is 0.460. The Morgan fingerprint density at radius 3 is 2.53 bits per heavy atom. The van der Waals surface area contributed by atoms with Crippen LogP contribution in [0.25, 0.3) is 0 Å². The summed E-state index contributed by atoms with van der Waals surface area (Å²) in [5.74, 6) is 0. The third-order valence-corrected chi connectivity index (χ3v) is 4.75. The van der Waals surface area contributed by atoms with Crippen LogP contribution in [0.3, 0.4) is 0 Å². The lowest BCUT2D eigenvalue weighted by molar-refractivity contribution is 0.194. The molecule has 1 saturated heterocycles. The van der Waals surface area contributed by atoms with Crippen molar-refractivity contribution in [1.29, 1.82) is 0 Å². The number of rotatable bonds is 1. The summed E-state index contributed by atoms with van der Waals surface area (Å²) in [4.78, 5) is 2.26. The van der Waals surface area contributed by atoms with Crippen molar-refractivity contribution < 1.29 is 0 Å². The van der Waals surface area contributed by atoms with Crippen molar-refractivity contribution in [2.45, 2.75) is 45.2 Å². The smallest absolute Gasteiger partial charge is 0.173 e. The van der Waals surface area contributed by atoms with Crippen LogP contribution < -0.4 is 5.32 Å². The monoisotopic (exact) mass is 316 g/mol. The molecule has 104 valence electrons. The van der Waals surface area contributed by atoms with Crippen LogP contribution in [0, 0.1) is 0 Å². The number of hydrogen-bond acceptors (Lipinski definition) is 1. The number of benzene rings is 1. The molecule has 1 aliphatic rings. The molecule has 1 heterocycles. The zero-order chi connectivity index (χ0) is 14.0. The van der Waals surface area contributed by atoms with Crippen molar-refractivity contribution in [3.8, 4) is 0 Å². The number of likely N-dealkylation sites (tertiary alicyclic amines) is 1. The maximum Gasteiger partial charge on any atom is 0.173 e. The molecule has 1 aromatic rings. The normalized spacial score (nSPS) is 23.3. The maximum atomic E-state index is 6.18. The van der Waals surface area contributed by atoms with E-state index in [2.05, 4.69) is 24.1 Å². The average Bonchev–Trinajstić information content (AvgIpc) is 2.35. The van der Waals surface area contributed by atoms with Crippen LogP contribution in [0.15, 0.2) is 18.2 Å². The van der Waals surface area contributed by atoms with Crippen molar-refractivity contribution in [3.05, 3.63) is 28.2 Å². The molecule has 2 atom stereocenters. The first-order chi connectivity index (χ1) is 9.00. The van der Waals surface area contributed by atoms with Gasteiger partial charge in [-0.2, -0.15) is 0 Å². The molecule has 0 radical (unpaired) electrons. The molecular formula is C14H18Cl2N2S. The largest absolute Gasteiger partial charge is 0.344 e. The predicted octanol–water partition coefficient (Wildman–Crippen LogP) is 4.95. The molecule has 2 unspecified atom stereocenters. The van der Waals surface area contributed by atoms with E-state index in [1.165, 1.54) is 19.3 Å². The van der Waals surface area contributed by atoms with Gasteiger partial charge in [-0.1, -0.05) is 29.3 Å². The Morgan fingerprint density at radius 2 is 1.89 bits per heavy atom. The van der Waals surface area contributed by atoms with Crippen molar-refractivity contribution in [2.24, 2.45) is 0 Å². The predicted molar refractivity (Wildman–Crippen MR) is 87.3 cm³/mol. The van der Waals surface area contributed by atoms with Gasteiger partial charge in [0.05, 0.1) is 15.7 Å². The lowest BCUT2D eigenvalue weighted by atomic mass is 9.98. The summed E-state index contributed by atoms with van der Waals surface area (Å²) in [5, 5.41) is 5.00. The third kappa shape index (κ3) is 3.33. The van der Waals surface area contributed by atoms with Gasteiger partial charge in [0.2, 0.25) is 0 Å². The molecule has 0 bridgehead atoms. The van der Waals surface area contributed by atoms with Gasteiger partial charge in [-0.3, -0.25) is 0 Å². The standard InChI is InChI=1S/C14H18Cl2N2S/c1-9-5-3-6-10(2)18(9)14(19)17-12-8-4-7-11(15)13(12)16/h4,7-10H,3,5-6H2,1-2H3,(H,17,19). The molecule has 5 heteroatoms. The van der Waals surface area contributed by atoms with E-state index in [9.17, 15) is 0 Å². The molecule has 1 aliphatic heterocycles. The molecule has 2 rings (SSSR count). The number of anilines is 1.